The number of carbonyl (C=O) groups is 2. The normalized spacial score (nSPS) is 12.5. The lowest BCUT2D eigenvalue weighted by molar-refractivity contribution is -0.146. The Bertz CT molecular complexity index is 1020. The summed E-state index contributed by atoms with van der Waals surface area (Å²) in [4.78, 5) is 28.6. The molecule has 8 nitrogen and oxygen atoms in total. The summed E-state index contributed by atoms with van der Waals surface area (Å²) in [6, 6.07) is 7.29. The van der Waals surface area contributed by atoms with Crippen LogP contribution < -0.4 is 5.32 Å². The van der Waals surface area contributed by atoms with Crippen molar-refractivity contribution in [2.75, 3.05) is 12.9 Å². The molecule has 0 radical (unpaired) electrons. The first-order valence-corrected chi connectivity index (χ1v) is 10.1. The third-order valence-electron chi connectivity index (χ3n) is 4.44. The SMILES string of the molecule is CCn1c2ccccc2c2nnc(SCC(=O)N[C@H](C(=O)OC)C(C)C)nc21. The summed E-state index contributed by atoms with van der Waals surface area (Å²) >= 11 is 1.18. The molecule has 0 saturated carbocycles. The van der Waals surface area contributed by atoms with Crippen LogP contribution in [-0.4, -0.2) is 50.5 Å². The van der Waals surface area contributed by atoms with Gasteiger partial charge in [-0.15, -0.1) is 10.2 Å². The number of aromatic nitrogens is 4. The standard InChI is InChI=1S/C19H23N5O3S/c1-5-24-13-9-7-6-8-12(13)16-17(24)21-19(23-22-16)28-10-14(25)20-15(11(2)3)18(26)27-4/h6-9,11,15H,5,10H2,1-4H3,(H,20,25)/t15-/m0/s1. The van der Waals surface area contributed by atoms with E-state index >= 15 is 0 Å². The predicted molar refractivity (Wildman–Crippen MR) is 108 cm³/mol. The van der Waals surface area contributed by atoms with Gasteiger partial charge < -0.3 is 14.6 Å². The van der Waals surface area contributed by atoms with Gasteiger partial charge in [0.15, 0.2) is 5.65 Å². The highest BCUT2D eigenvalue weighted by Gasteiger charge is 2.25. The fourth-order valence-corrected chi connectivity index (χ4v) is 3.63. The molecule has 0 saturated heterocycles. The summed E-state index contributed by atoms with van der Waals surface area (Å²) in [6.45, 7) is 6.49. The van der Waals surface area contributed by atoms with Crippen LogP contribution in [0.15, 0.2) is 29.4 Å². The molecule has 1 N–H and O–H groups in total. The second-order valence-corrected chi connectivity index (χ2v) is 7.57. The van der Waals surface area contributed by atoms with E-state index in [0.29, 0.717) is 5.16 Å². The van der Waals surface area contributed by atoms with Crippen molar-refractivity contribution >= 4 is 45.7 Å². The fourth-order valence-electron chi connectivity index (χ4n) is 3.04. The zero-order chi connectivity index (χ0) is 20.3. The van der Waals surface area contributed by atoms with E-state index in [1.807, 2.05) is 45.0 Å². The van der Waals surface area contributed by atoms with Gasteiger partial charge in [0.05, 0.1) is 18.4 Å². The Morgan fingerprint density at radius 3 is 2.68 bits per heavy atom. The maximum absolute atomic E-state index is 12.3. The van der Waals surface area contributed by atoms with Gasteiger partial charge in [0.25, 0.3) is 0 Å². The minimum Gasteiger partial charge on any atom is -0.467 e. The molecule has 0 unspecified atom stereocenters. The Labute approximate surface area is 167 Å². The van der Waals surface area contributed by atoms with E-state index in [0.717, 1.165) is 28.6 Å². The van der Waals surface area contributed by atoms with Crippen molar-refractivity contribution in [2.24, 2.45) is 5.92 Å². The predicted octanol–water partition coefficient (Wildman–Crippen LogP) is 2.41. The Morgan fingerprint density at radius 1 is 1.25 bits per heavy atom. The van der Waals surface area contributed by atoms with Gasteiger partial charge in [-0.05, 0) is 18.9 Å². The van der Waals surface area contributed by atoms with Gasteiger partial charge in [-0.2, -0.15) is 0 Å². The third-order valence-corrected chi connectivity index (χ3v) is 5.28. The molecule has 0 aliphatic carbocycles. The number of hydrogen-bond donors (Lipinski definition) is 1. The number of benzene rings is 1. The minimum absolute atomic E-state index is 0.0732. The first-order valence-electron chi connectivity index (χ1n) is 9.07. The number of esters is 1. The van der Waals surface area contributed by atoms with E-state index in [-0.39, 0.29) is 17.6 Å². The molecular formula is C19H23N5O3S. The van der Waals surface area contributed by atoms with Gasteiger partial charge in [0.2, 0.25) is 11.1 Å². The van der Waals surface area contributed by atoms with Crippen molar-refractivity contribution in [3.8, 4) is 0 Å². The van der Waals surface area contributed by atoms with Gasteiger partial charge in [-0.1, -0.05) is 43.8 Å². The van der Waals surface area contributed by atoms with Crippen molar-refractivity contribution in [1.29, 1.82) is 0 Å². The van der Waals surface area contributed by atoms with Gasteiger partial charge in [0.1, 0.15) is 11.6 Å². The maximum Gasteiger partial charge on any atom is 0.328 e. The topological polar surface area (TPSA) is 99.0 Å². The average Bonchev–Trinajstić information content (AvgIpc) is 3.02. The summed E-state index contributed by atoms with van der Waals surface area (Å²) in [7, 11) is 1.31. The highest BCUT2D eigenvalue weighted by atomic mass is 32.2. The molecule has 3 aromatic rings. The number of para-hydroxylation sites is 1. The summed E-state index contributed by atoms with van der Waals surface area (Å²) in [5, 5.41) is 12.6. The maximum atomic E-state index is 12.3. The zero-order valence-electron chi connectivity index (χ0n) is 16.3. The number of carbonyl (C=O) groups excluding carboxylic acids is 2. The van der Waals surface area contributed by atoms with E-state index in [4.69, 9.17) is 4.74 Å². The fraction of sp³-hybridized carbons (Fsp3) is 0.421. The van der Waals surface area contributed by atoms with Crippen LogP contribution in [-0.2, 0) is 20.9 Å². The number of methoxy groups -OCH3 is 1. The van der Waals surface area contributed by atoms with Crippen LogP contribution in [0, 0.1) is 5.92 Å². The van der Waals surface area contributed by atoms with Gasteiger partial charge in [0, 0.05) is 11.9 Å². The highest BCUT2D eigenvalue weighted by molar-refractivity contribution is 7.99. The number of amides is 1. The molecule has 3 rings (SSSR count). The molecule has 0 fully saturated rings. The van der Waals surface area contributed by atoms with Crippen molar-refractivity contribution in [3.63, 3.8) is 0 Å². The Hall–Kier alpha value is -2.68. The van der Waals surface area contributed by atoms with E-state index < -0.39 is 12.0 Å². The van der Waals surface area contributed by atoms with Crippen molar-refractivity contribution in [3.05, 3.63) is 24.3 Å². The highest BCUT2D eigenvalue weighted by Crippen LogP contribution is 2.26. The van der Waals surface area contributed by atoms with Crippen molar-refractivity contribution in [2.45, 2.75) is 38.5 Å². The van der Waals surface area contributed by atoms with Crippen LogP contribution >= 0.6 is 11.8 Å². The molecular weight excluding hydrogens is 378 g/mol. The summed E-state index contributed by atoms with van der Waals surface area (Å²) < 4.78 is 6.82. The van der Waals surface area contributed by atoms with E-state index in [1.165, 1.54) is 18.9 Å². The molecule has 28 heavy (non-hydrogen) atoms. The molecule has 2 heterocycles. The summed E-state index contributed by atoms with van der Waals surface area (Å²) in [6.07, 6.45) is 0. The average molecular weight is 401 g/mol. The lowest BCUT2D eigenvalue weighted by atomic mass is 10.1. The first kappa shape index (κ1) is 20.1. The molecule has 0 aliphatic rings. The number of ether oxygens (including phenoxy) is 1. The molecule has 2 aromatic heterocycles. The number of aryl methyl sites for hydroxylation is 1. The van der Waals surface area contributed by atoms with Crippen LogP contribution in [0.4, 0.5) is 0 Å². The molecule has 1 aromatic carbocycles. The molecule has 1 atom stereocenters. The molecule has 9 heteroatoms. The second-order valence-electron chi connectivity index (χ2n) is 6.63. The van der Waals surface area contributed by atoms with Crippen LogP contribution in [0.5, 0.6) is 0 Å². The minimum atomic E-state index is -0.678. The lowest BCUT2D eigenvalue weighted by Gasteiger charge is -2.19. The van der Waals surface area contributed by atoms with Crippen LogP contribution in [0.2, 0.25) is 0 Å². The lowest BCUT2D eigenvalue weighted by Crippen LogP contribution is -2.45. The van der Waals surface area contributed by atoms with E-state index in [2.05, 4.69) is 25.1 Å². The number of rotatable bonds is 7. The first-order chi connectivity index (χ1) is 13.5. The number of thioether (sulfide) groups is 1. The summed E-state index contributed by atoms with van der Waals surface area (Å²) in [5.74, 6) is -0.732. The van der Waals surface area contributed by atoms with Crippen LogP contribution in [0.3, 0.4) is 0 Å². The van der Waals surface area contributed by atoms with Gasteiger partial charge >= 0.3 is 5.97 Å². The van der Waals surface area contributed by atoms with Gasteiger partial charge in [-0.25, -0.2) is 9.78 Å². The quantitative estimate of drug-likeness (QED) is 0.479. The third kappa shape index (κ3) is 3.94. The van der Waals surface area contributed by atoms with E-state index in [1.54, 1.807) is 0 Å². The van der Waals surface area contributed by atoms with E-state index in [9.17, 15) is 9.59 Å². The Morgan fingerprint density at radius 2 is 2.00 bits per heavy atom. The molecule has 0 aliphatic heterocycles. The van der Waals surface area contributed by atoms with Crippen molar-refractivity contribution in [1.82, 2.24) is 25.1 Å². The smallest absolute Gasteiger partial charge is 0.328 e. The number of fused-ring (bicyclic) bond motifs is 3. The Kier molecular flexibility index (Phi) is 6.13. The molecule has 0 bridgehead atoms. The number of hydrogen-bond acceptors (Lipinski definition) is 7. The van der Waals surface area contributed by atoms with Gasteiger partial charge in [-0.3, -0.25) is 4.79 Å². The summed E-state index contributed by atoms with van der Waals surface area (Å²) in [5.41, 5.74) is 2.55. The van der Waals surface area contributed by atoms with Crippen LogP contribution in [0.25, 0.3) is 22.1 Å². The van der Waals surface area contributed by atoms with Crippen LogP contribution in [0.1, 0.15) is 20.8 Å². The zero-order valence-corrected chi connectivity index (χ0v) is 17.1. The number of nitrogens with one attached hydrogen (secondary N) is 1. The Balaban J connectivity index is 1.77. The second kappa shape index (κ2) is 8.55. The molecule has 0 spiro atoms. The largest absolute Gasteiger partial charge is 0.467 e. The van der Waals surface area contributed by atoms with Crippen molar-refractivity contribution < 1.29 is 14.3 Å². The molecule has 148 valence electrons. The number of nitrogens with zero attached hydrogens (tertiary/aromatic N) is 4. The molecule has 1 amide bonds. The monoisotopic (exact) mass is 401 g/mol.